The second kappa shape index (κ2) is 5.43. The zero-order valence-corrected chi connectivity index (χ0v) is 8.11. The Bertz CT molecular complexity index is 148. The first-order chi connectivity index (χ1) is 5.84. The minimum absolute atomic E-state index is 0.295. The molecule has 1 saturated heterocycles. The highest BCUT2D eigenvalue weighted by atomic mass is 32.2. The molecular weight excluding hydrogens is 172 g/mol. The number of hydrogen-bond acceptors (Lipinski definition) is 3. The Morgan fingerprint density at radius 2 is 2.25 bits per heavy atom. The fourth-order valence-electron chi connectivity index (χ4n) is 1.00. The van der Waals surface area contributed by atoms with Crippen molar-refractivity contribution in [1.82, 2.24) is 4.90 Å². The van der Waals surface area contributed by atoms with E-state index in [2.05, 4.69) is 0 Å². The van der Waals surface area contributed by atoms with Crippen molar-refractivity contribution in [3.8, 4) is 0 Å². The normalized spacial score (nSPS) is 15.9. The standard InChI is InChI=1S/C8H16N2OS/c9-3-1-6-12-7-8(11)10-4-2-5-10/h1-7,9H2. The number of nitrogens with two attached hydrogens (primary N) is 1. The third kappa shape index (κ3) is 3.03. The van der Waals surface area contributed by atoms with Crippen LogP contribution in [0.15, 0.2) is 0 Å². The highest BCUT2D eigenvalue weighted by Crippen LogP contribution is 2.10. The lowest BCUT2D eigenvalue weighted by Crippen LogP contribution is -2.43. The van der Waals surface area contributed by atoms with E-state index in [9.17, 15) is 4.79 Å². The van der Waals surface area contributed by atoms with Crippen LogP contribution in [0.3, 0.4) is 0 Å². The van der Waals surface area contributed by atoms with Gasteiger partial charge in [0, 0.05) is 13.1 Å². The van der Waals surface area contributed by atoms with Gasteiger partial charge in [0.05, 0.1) is 5.75 Å². The van der Waals surface area contributed by atoms with E-state index in [0.717, 1.165) is 31.8 Å². The van der Waals surface area contributed by atoms with Crippen molar-refractivity contribution in [3.63, 3.8) is 0 Å². The predicted molar refractivity (Wildman–Crippen MR) is 52.2 cm³/mol. The summed E-state index contributed by atoms with van der Waals surface area (Å²) in [5.74, 6) is 1.94. The number of carbonyl (C=O) groups is 1. The molecule has 0 bridgehead atoms. The van der Waals surface area contributed by atoms with Gasteiger partial charge in [-0.2, -0.15) is 11.8 Å². The summed E-state index contributed by atoms with van der Waals surface area (Å²) in [6, 6.07) is 0. The molecule has 1 heterocycles. The molecule has 0 radical (unpaired) electrons. The molecule has 0 spiro atoms. The molecule has 2 N–H and O–H groups in total. The molecule has 0 saturated carbocycles. The molecular formula is C8H16N2OS. The van der Waals surface area contributed by atoms with Gasteiger partial charge in [0.1, 0.15) is 0 Å². The first-order valence-electron chi connectivity index (χ1n) is 4.40. The molecule has 0 aromatic heterocycles. The van der Waals surface area contributed by atoms with Crippen LogP contribution in [0.25, 0.3) is 0 Å². The fourth-order valence-corrected chi connectivity index (χ4v) is 1.87. The van der Waals surface area contributed by atoms with Gasteiger partial charge in [-0.15, -0.1) is 0 Å². The van der Waals surface area contributed by atoms with Gasteiger partial charge in [-0.1, -0.05) is 0 Å². The molecule has 70 valence electrons. The SMILES string of the molecule is NCCCSCC(=O)N1CCC1. The van der Waals surface area contributed by atoms with Crippen LogP contribution in [-0.2, 0) is 4.79 Å². The van der Waals surface area contributed by atoms with E-state index in [1.807, 2.05) is 4.90 Å². The lowest BCUT2D eigenvalue weighted by atomic mass is 10.2. The van der Waals surface area contributed by atoms with Gasteiger partial charge in [-0.05, 0) is 25.1 Å². The average Bonchev–Trinajstić information content (AvgIpc) is 1.95. The van der Waals surface area contributed by atoms with Crippen LogP contribution in [0, 0.1) is 0 Å². The molecule has 0 unspecified atom stereocenters. The minimum atomic E-state index is 0.295. The average molecular weight is 188 g/mol. The molecule has 1 aliphatic heterocycles. The Hall–Kier alpha value is -0.220. The summed E-state index contributed by atoms with van der Waals surface area (Å²) >= 11 is 1.69. The summed E-state index contributed by atoms with van der Waals surface area (Å²) in [6.07, 6.45) is 2.19. The molecule has 1 amide bonds. The summed E-state index contributed by atoms with van der Waals surface area (Å²) in [4.78, 5) is 13.2. The predicted octanol–water partition coefficient (Wildman–Crippen LogP) is 0.301. The Balaban J connectivity index is 1.94. The summed E-state index contributed by atoms with van der Waals surface area (Å²) in [7, 11) is 0. The second-order valence-electron chi connectivity index (χ2n) is 2.93. The molecule has 0 atom stereocenters. The first kappa shape index (κ1) is 9.86. The number of thioether (sulfide) groups is 1. The topological polar surface area (TPSA) is 46.3 Å². The van der Waals surface area contributed by atoms with Crippen LogP contribution < -0.4 is 5.73 Å². The van der Waals surface area contributed by atoms with E-state index >= 15 is 0 Å². The number of amides is 1. The molecule has 0 aliphatic carbocycles. The van der Waals surface area contributed by atoms with Crippen molar-refractivity contribution in [2.75, 3.05) is 31.1 Å². The quantitative estimate of drug-likeness (QED) is 0.631. The van der Waals surface area contributed by atoms with E-state index < -0.39 is 0 Å². The highest BCUT2D eigenvalue weighted by molar-refractivity contribution is 7.99. The molecule has 4 heteroatoms. The maximum atomic E-state index is 11.3. The van der Waals surface area contributed by atoms with Crippen molar-refractivity contribution in [1.29, 1.82) is 0 Å². The first-order valence-corrected chi connectivity index (χ1v) is 5.55. The minimum Gasteiger partial charge on any atom is -0.342 e. The van der Waals surface area contributed by atoms with Crippen LogP contribution in [0.1, 0.15) is 12.8 Å². The molecule has 12 heavy (non-hydrogen) atoms. The maximum absolute atomic E-state index is 11.3. The largest absolute Gasteiger partial charge is 0.342 e. The second-order valence-corrected chi connectivity index (χ2v) is 4.03. The molecule has 0 aromatic rings. The van der Waals surface area contributed by atoms with E-state index in [4.69, 9.17) is 5.73 Å². The van der Waals surface area contributed by atoms with Crippen LogP contribution >= 0.6 is 11.8 Å². The summed E-state index contributed by atoms with van der Waals surface area (Å²) in [5.41, 5.74) is 5.33. The van der Waals surface area contributed by atoms with Gasteiger partial charge in [0.2, 0.25) is 5.91 Å². The van der Waals surface area contributed by atoms with Gasteiger partial charge in [0.15, 0.2) is 0 Å². The number of nitrogens with zero attached hydrogens (tertiary/aromatic N) is 1. The Morgan fingerprint density at radius 3 is 2.75 bits per heavy atom. The number of likely N-dealkylation sites (tertiary alicyclic amines) is 1. The Labute approximate surface area is 77.7 Å². The third-order valence-electron chi connectivity index (χ3n) is 1.93. The molecule has 1 aliphatic rings. The van der Waals surface area contributed by atoms with Gasteiger partial charge >= 0.3 is 0 Å². The molecule has 1 fully saturated rings. The van der Waals surface area contributed by atoms with Gasteiger partial charge in [-0.25, -0.2) is 0 Å². The molecule has 1 rings (SSSR count). The van der Waals surface area contributed by atoms with E-state index in [0.29, 0.717) is 11.7 Å². The van der Waals surface area contributed by atoms with E-state index in [1.165, 1.54) is 6.42 Å². The monoisotopic (exact) mass is 188 g/mol. The smallest absolute Gasteiger partial charge is 0.232 e. The van der Waals surface area contributed by atoms with Crippen LogP contribution in [0.4, 0.5) is 0 Å². The lowest BCUT2D eigenvalue weighted by Gasteiger charge is -2.30. The fraction of sp³-hybridized carbons (Fsp3) is 0.875. The van der Waals surface area contributed by atoms with Crippen LogP contribution in [0.5, 0.6) is 0 Å². The summed E-state index contributed by atoms with van der Waals surface area (Å²) in [5, 5.41) is 0. The zero-order chi connectivity index (χ0) is 8.81. The summed E-state index contributed by atoms with van der Waals surface area (Å²) in [6.45, 7) is 2.66. The van der Waals surface area contributed by atoms with Crippen LogP contribution in [0.2, 0.25) is 0 Å². The van der Waals surface area contributed by atoms with E-state index in [-0.39, 0.29) is 0 Å². The lowest BCUT2D eigenvalue weighted by molar-refractivity contribution is -0.131. The number of hydrogen-bond donors (Lipinski definition) is 1. The van der Waals surface area contributed by atoms with Gasteiger partial charge in [-0.3, -0.25) is 4.79 Å². The van der Waals surface area contributed by atoms with Crippen molar-refractivity contribution in [3.05, 3.63) is 0 Å². The van der Waals surface area contributed by atoms with Gasteiger partial charge < -0.3 is 10.6 Å². The molecule has 0 aromatic carbocycles. The van der Waals surface area contributed by atoms with Crippen LogP contribution in [-0.4, -0.2) is 41.9 Å². The van der Waals surface area contributed by atoms with Crippen molar-refractivity contribution >= 4 is 17.7 Å². The molecule has 3 nitrogen and oxygen atoms in total. The maximum Gasteiger partial charge on any atom is 0.232 e. The summed E-state index contributed by atoms with van der Waals surface area (Å²) < 4.78 is 0. The highest BCUT2D eigenvalue weighted by Gasteiger charge is 2.19. The van der Waals surface area contributed by atoms with Crippen molar-refractivity contribution in [2.24, 2.45) is 5.73 Å². The van der Waals surface area contributed by atoms with E-state index in [1.54, 1.807) is 11.8 Å². The van der Waals surface area contributed by atoms with Gasteiger partial charge in [0.25, 0.3) is 0 Å². The Kier molecular flexibility index (Phi) is 4.46. The number of carbonyl (C=O) groups excluding carboxylic acids is 1. The zero-order valence-electron chi connectivity index (χ0n) is 7.29. The third-order valence-corrected chi connectivity index (χ3v) is 2.96. The Morgan fingerprint density at radius 1 is 1.50 bits per heavy atom. The van der Waals surface area contributed by atoms with Crippen molar-refractivity contribution < 1.29 is 4.79 Å². The number of rotatable bonds is 5. The van der Waals surface area contributed by atoms with Crippen molar-refractivity contribution in [2.45, 2.75) is 12.8 Å².